The Hall–Kier alpha value is -1.32. The first-order chi connectivity index (χ1) is 6.75. The third-order valence-corrected chi connectivity index (χ3v) is 2.77. The molecule has 0 unspecified atom stereocenters. The van der Waals surface area contributed by atoms with E-state index in [4.69, 9.17) is 5.73 Å². The third-order valence-electron chi connectivity index (χ3n) is 2.77. The smallest absolute Gasteiger partial charge is 0.221 e. The molecule has 14 heavy (non-hydrogen) atoms. The van der Waals surface area contributed by atoms with Crippen molar-refractivity contribution in [2.75, 3.05) is 17.6 Å². The lowest BCUT2D eigenvalue weighted by molar-refractivity contribution is 0.333. The van der Waals surface area contributed by atoms with Gasteiger partial charge < -0.3 is 11.1 Å². The molecule has 0 bridgehead atoms. The standard InChI is InChI=1S/C10H16N4/c1-7-5-13-10(11)14-9(7)12-6-8-3-2-4-8/h5,8H,2-4,6H2,1H3,(H3,11,12,13,14). The summed E-state index contributed by atoms with van der Waals surface area (Å²) in [5.41, 5.74) is 6.57. The second-order valence-corrected chi connectivity index (χ2v) is 3.94. The van der Waals surface area contributed by atoms with Crippen molar-refractivity contribution < 1.29 is 0 Å². The van der Waals surface area contributed by atoms with E-state index in [-0.39, 0.29) is 0 Å². The van der Waals surface area contributed by atoms with Gasteiger partial charge in [0.05, 0.1) is 0 Å². The predicted octanol–water partition coefficient (Wildman–Crippen LogP) is 1.58. The van der Waals surface area contributed by atoms with Crippen molar-refractivity contribution >= 4 is 11.8 Å². The highest BCUT2D eigenvalue weighted by Gasteiger charge is 2.17. The van der Waals surface area contributed by atoms with E-state index in [1.165, 1.54) is 19.3 Å². The summed E-state index contributed by atoms with van der Waals surface area (Å²) in [6, 6.07) is 0. The molecule has 4 nitrogen and oxygen atoms in total. The van der Waals surface area contributed by atoms with E-state index in [2.05, 4.69) is 15.3 Å². The summed E-state index contributed by atoms with van der Waals surface area (Å²) in [5, 5.41) is 3.32. The van der Waals surface area contributed by atoms with Crippen LogP contribution in [0.25, 0.3) is 0 Å². The van der Waals surface area contributed by atoms with E-state index in [1.54, 1.807) is 6.20 Å². The van der Waals surface area contributed by atoms with E-state index in [0.717, 1.165) is 23.8 Å². The molecule has 76 valence electrons. The van der Waals surface area contributed by atoms with Crippen LogP contribution in [-0.4, -0.2) is 16.5 Å². The molecule has 0 aromatic carbocycles. The van der Waals surface area contributed by atoms with Crippen LogP contribution in [0.15, 0.2) is 6.20 Å². The van der Waals surface area contributed by atoms with Gasteiger partial charge in [-0.1, -0.05) is 6.42 Å². The second kappa shape index (κ2) is 3.82. The quantitative estimate of drug-likeness (QED) is 0.763. The highest BCUT2D eigenvalue weighted by molar-refractivity contribution is 5.45. The molecule has 3 N–H and O–H groups in total. The van der Waals surface area contributed by atoms with Gasteiger partial charge in [-0.15, -0.1) is 0 Å². The van der Waals surface area contributed by atoms with Crippen LogP contribution in [-0.2, 0) is 0 Å². The first-order valence-electron chi connectivity index (χ1n) is 5.08. The van der Waals surface area contributed by atoms with E-state index >= 15 is 0 Å². The van der Waals surface area contributed by atoms with Crippen LogP contribution in [0.2, 0.25) is 0 Å². The first-order valence-corrected chi connectivity index (χ1v) is 5.08. The number of nitrogens with zero attached hydrogens (tertiary/aromatic N) is 2. The van der Waals surface area contributed by atoms with E-state index in [1.807, 2.05) is 6.92 Å². The van der Waals surface area contributed by atoms with Crippen molar-refractivity contribution in [3.63, 3.8) is 0 Å². The molecule has 0 aliphatic heterocycles. The van der Waals surface area contributed by atoms with Crippen LogP contribution in [0.4, 0.5) is 11.8 Å². The molecule has 1 aliphatic carbocycles. The van der Waals surface area contributed by atoms with Crippen LogP contribution in [0.3, 0.4) is 0 Å². The molecule has 1 fully saturated rings. The molecular weight excluding hydrogens is 176 g/mol. The van der Waals surface area contributed by atoms with Crippen LogP contribution < -0.4 is 11.1 Å². The predicted molar refractivity (Wildman–Crippen MR) is 57.0 cm³/mol. The number of rotatable bonds is 3. The maximum absolute atomic E-state index is 5.52. The summed E-state index contributed by atoms with van der Waals surface area (Å²) < 4.78 is 0. The zero-order chi connectivity index (χ0) is 9.97. The molecule has 4 heteroatoms. The van der Waals surface area contributed by atoms with Gasteiger partial charge in [0, 0.05) is 18.3 Å². The number of aryl methyl sites for hydroxylation is 1. The summed E-state index contributed by atoms with van der Waals surface area (Å²) >= 11 is 0. The second-order valence-electron chi connectivity index (χ2n) is 3.94. The van der Waals surface area contributed by atoms with Gasteiger partial charge in [-0.25, -0.2) is 4.98 Å². The summed E-state index contributed by atoms with van der Waals surface area (Å²) in [6.07, 6.45) is 5.81. The van der Waals surface area contributed by atoms with Gasteiger partial charge >= 0.3 is 0 Å². The Kier molecular flexibility index (Phi) is 2.52. The molecule has 0 amide bonds. The normalized spacial score (nSPS) is 16.4. The minimum atomic E-state index is 0.340. The lowest BCUT2D eigenvalue weighted by Gasteiger charge is -2.25. The molecule has 2 rings (SSSR count). The average molecular weight is 192 g/mol. The Morgan fingerprint density at radius 3 is 3.00 bits per heavy atom. The van der Waals surface area contributed by atoms with E-state index in [9.17, 15) is 0 Å². The molecule has 0 spiro atoms. The molecule has 1 saturated carbocycles. The molecule has 1 aromatic heterocycles. The first kappa shape index (κ1) is 9.24. The minimum absolute atomic E-state index is 0.340. The number of hydrogen-bond acceptors (Lipinski definition) is 4. The van der Waals surface area contributed by atoms with Gasteiger partial charge in [-0.05, 0) is 25.7 Å². The molecular formula is C10H16N4. The highest BCUT2D eigenvalue weighted by atomic mass is 15.1. The Balaban J connectivity index is 1.96. The van der Waals surface area contributed by atoms with Crippen LogP contribution in [0.5, 0.6) is 0 Å². The Morgan fingerprint density at radius 2 is 2.36 bits per heavy atom. The number of anilines is 2. The topological polar surface area (TPSA) is 63.8 Å². The largest absolute Gasteiger partial charge is 0.369 e. The fraction of sp³-hybridized carbons (Fsp3) is 0.600. The lowest BCUT2D eigenvalue weighted by Crippen LogP contribution is -2.21. The van der Waals surface area contributed by atoms with Gasteiger partial charge in [0.2, 0.25) is 5.95 Å². The number of aromatic nitrogens is 2. The SMILES string of the molecule is Cc1cnc(N)nc1NCC1CCC1. The summed E-state index contributed by atoms with van der Waals surface area (Å²) in [5.74, 6) is 2.04. The lowest BCUT2D eigenvalue weighted by atomic mass is 9.85. The maximum atomic E-state index is 5.52. The Morgan fingerprint density at radius 1 is 1.57 bits per heavy atom. The Bertz CT molecular complexity index is 320. The Labute approximate surface area is 83.9 Å². The van der Waals surface area contributed by atoms with Crippen molar-refractivity contribution in [3.05, 3.63) is 11.8 Å². The number of nitrogen functional groups attached to an aromatic ring is 1. The zero-order valence-electron chi connectivity index (χ0n) is 8.45. The third kappa shape index (κ3) is 1.95. The number of nitrogens with two attached hydrogens (primary N) is 1. The van der Waals surface area contributed by atoms with Gasteiger partial charge in [-0.3, -0.25) is 0 Å². The van der Waals surface area contributed by atoms with Gasteiger partial charge in [0.15, 0.2) is 0 Å². The summed E-state index contributed by atoms with van der Waals surface area (Å²) in [7, 11) is 0. The minimum Gasteiger partial charge on any atom is -0.369 e. The molecule has 0 saturated heterocycles. The van der Waals surface area contributed by atoms with Crippen molar-refractivity contribution in [1.82, 2.24) is 9.97 Å². The molecule has 0 atom stereocenters. The molecule has 1 heterocycles. The van der Waals surface area contributed by atoms with E-state index in [0.29, 0.717) is 5.95 Å². The van der Waals surface area contributed by atoms with Crippen molar-refractivity contribution in [1.29, 1.82) is 0 Å². The molecule has 1 aromatic rings. The fourth-order valence-electron chi connectivity index (χ4n) is 1.57. The van der Waals surface area contributed by atoms with Gasteiger partial charge in [0.25, 0.3) is 0 Å². The highest BCUT2D eigenvalue weighted by Crippen LogP contribution is 2.26. The zero-order valence-corrected chi connectivity index (χ0v) is 8.45. The van der Waals surface area contributed by atoms with E-state index < -0.39 is 0 Å². The number of nitrogens with one attached hydrogen (secondary N) is 1. The van der Waals surface area contributed by atoms with Crippen molar-refractivity contribution in [2.45, 2.75) is 26.2 Å². The van der Waals surface area contributed by atoms with Crippen molar-refractivity contribution in [3.8, 4) is 0 Å². The van der Waals surface area contributed by atoms with Crippen LogP contribution in [0, 0.1) is 12.8 Å². The molecule has 1 aliphatic rings. The van der Waals surface area contributed by atoms with Crippen LogP contribution >= 0.6 is 0 Å². The van der Waals surface area contributed by atoms with Gasteiger partial charge in [0.1, 0.15) is 5.82 Å². The summed E-state index contributed by atoms with van der Waals surface area (Å²) in [4.78, 5) is 8.09. The molecule has 0 radical (unpaired) electrons. The monoisotopic (exact) mass is 192 g/mol. The number of hydrogen-bond donors (Lipinski definition) is 2. The maximum Gasteiger partial charge on any atom is 0.221 e. The van der Waals surface area contributed by atoms with Gasteiger partial charge in [-0.2, -0.15) is 4.98 Å². The fourth-order valence-corrected chi connectivity index (χ4v) is 1.57. The van der Waals surface area contributed by atoms with Crippen molar-refractivity contribution in [2.24, 2.45) is 5.92 Å². The average Bonchev–Trinajstić information content (AvgIpc) is 2.08. The summed E-state index contributed by atoms with van der Waals surface area (Å²) in [6.45, 7) is 3.00. The van der Waals surface area contributed by atoms with Crippen LogP contribution in [0.1, 0.15) is 24.8 Å².